The van der Waals surface area contributed by atoms with E-state index in [1.54, 1.807) is 6.92 Å². The van der Waals surface area contributed by atoms with Gasteiger partial charge in [-0.05, 0) is 49.4 Å². The van der Waals surface area contributed by atoms with Crippen molar-refractivity contribution >= 4 is 17.5 Å². The largest absolute Gasteiger partial charge is 0.440 e. The summed E-state index contributed by atoms with van der Waals surface area (Å²) in [5.41, 5.74) is 0. The van der Waals surface area contributed by atoms with Gasteiger partial charge in [0.25, 0.3) is 5.91 Å². The van der Waals surface area contributed by atoms with Crippen LogP contribution >= 0.6 is 11.6 Å². The fourth-order valence-corrected chi connectivity index (χ4v) is 2.14. The van der Waals surface area contributed by atoms with Crippen molar-refractivity contribution in [3.05, 3.63) is 23.1 Å². The Hall–Kier alpha value is -1.17. The highest BCUT2D eigenvalue weighted by molar-refractivity contribution is 6.29. The van der Waals surface area contributed by atoms with Gasteiger partial charge >= 0.3 is 6.18 Å². The highest BCUT2D eigenvalue weighted by Gasteiger charge is 2.41. The van der Waals surface area contributed by atoms with Crippen LogP contribution in [-0.2, 0) is 0 Å². The molecular weight excluding hydrogens is 283 g/mol. The minimum Gasteiger partial charge on any atom is -0.440 e. The lowest BCUT2D eigenvalue weighted by molar-refractivity contribution is -0.145. The number of hydrogen-bond acceptors (Lipinski definition) is 2. The average Bonchev–Trinajstić information content (AvgIpc) is 3.06. The van der Waals surface area contributed by atoms with E-state index >= 15 is 0 Å². The van der Waals surface area contributed by atoms with Gasteiger partial charge in [0, 0.05) is 6.04 Å². The monoisotopic (exact) mass is 295 g/mol. The summed E-state index contributed by atoms with van der Waals surface area (Å²) >= 11 is 5.54. The summed E-state index contributed by atoms with van der Waals surface area (Å²) in [4.78, 5) is 12.9. The molecule has 1 aliphatic carbocycles. The predicted octanol–water partition coefficient (Wildman–Crippen LogP) is 3.74. The molecule has 106 valence electrons. The Bertz CT molecular complexity index is 468. The minimum absolute atomic E-state index is 0.0191. The molecule has 0 bridgehead atoms. The van der Waals surface area contributed by atoms with Gasteiger partial charge in [0.1, 0.15) is 6.54 Å². The van der Waals surface area contributed by atoms with Crippen molar-refractivity contribution in [2.75, 3.05) is 6.54 Å². The Morgan fingerprint density at radius 2 is 2.16 bits per heavy atom. The normalized spacial score (nSPS) is 17.3. The predicted molar refractivity (Wildman–Crippen MR) is 63.0 cm³/mol. The zero-order valence-electron chi connectivity index (χ0n) is 10.2. The van der Waals surface area contributed by atoms with E-state index in [1.807, 2.05) is 0 Å². The standard InChI is InChI=1S/C12H13ClF3NO2/c1-7(8-2-3-8)17(6-12(14,15)16)11(18)9-4-5-10(13)19-9/h4-5,7-8H,2-3,6H2,1H3. The van der Waals surface area contributed by atoms with Gasteiger partial charge in [-0.2, -0.15) is 13.2 Å². The molecule has 1 atom stereocenters. The molecule has 1 unspecified atom stereocenters. The van der Waals surface area contributed by atoms with E-state index in [4.69, 9.17) is 16.0 Å². The minimum atomic E-state index is -4.44. The number of hydrogen-bond donors (Lipinski definition) is 0. The zero-order valence-corrected chi connectivity index (χ0v) is 11.0. The fraction of sp³-hybridized carbons (Fsp3) is 0.583. The van der Waals surface area contributed by atoms with Crippen molar-refractivity contribution in [2.24, 2.45) is 5.92 Å². The molecule has 1 amide bonds. The second-order valence-corrected chi connectivity index (χ2v) is 5.10. The van der Waals surface area contributed by atoms with Crippen LogP contribution in [0.4, 0.5) is 13.2 Å². The molecule has 1 fully saturated rings. The Kier molecular flexibility index (Phi) is 3.80. The molecule has 3 nitrogen and oxygen atoms in total. The molecule has 1 aromatic rings. The number of alkyl halides is 3. The molecule has 0 saturated heterocycles. The van der Waals surface area contributed by atoms with Gasteiger partial charge in [0.05, 0.1) is 0 Å². The maximum Gasteiger partial charge on any atom is 0.406 e. The molecule has 2 rings (SSSR count). The van der Waals surface area contributed by atoms with Crippen molar-refractivity contribution in [3.8, 4) is 0 Å². The number of nitrogens with zero attached hydrogens (tertiary/aromatic N) is 1. The summed E-state index contributed by atoms with van der Waals surface area (Å²) in [6.45, 7) is 0.355. The summed E-state index contributed by atoms with van der Waals surface area (Å²) in [5.74, 6) is -0.804. The first-order valence-corrected chi connectivity index (χ1v) is 6.29. The molecule has 1 saturated carbocycles. The summed E-state index contributed by atoms with van der Waals surface area (Å²) < 4.78 is 42.6. The number of amides is 1. The van der Waals surface area contributed by atoms with Crippen LogP contribution in [0.5, 0.6) is 0 Å². The first-order valence-electron chi connectivity index (χ1n) is 5.91. The van der Waals surface area contributed by atoms with Gasteiger partial charge in [-0.1, -0.05) is 0 Å². The second-order valence-electron chi connectivity index (χ2n) is 4.73. The van der Waals surface area contributed by atoms with Crippen molar-refractivity contribution in [1.82, 2.24) is 4.90 Å². The molecule has 7 heteroatoms. The molecule has 0 N–H and O–H groups in total. The summed E-state index contributed by atoms with van der Waals surface area (Å²) in [7, 11) is 0. The van der Waals surface area contributed by atoms with Gasteiger partial charge in [0.15, 0.2) is 11.0 Å². The van der Waals surface area contributed by atoms with E-state index in [0.717, 1.165) is 17.7 Å². The average molecular weight is 296 g/mol. The first kappa shape index (κ1) is 14.2. The highest BCUT2D eigenvalue weighted by atomic mass is 35.5. The lowest BCUT2D eigenvalue weighted by Gasteiger charge is -2.29. The quantitative estimate of drug-likeness (QED) is 0.848. The third kappa shape index (κ3) is 3.65. The SMILES string of the molecule is CC(C1CC1)N(CC(F)(F)F)C(=O)c1ccc(Cl)o1. The molecule has 0 aromatic carbocycles. The molecular formula is C12H13ClF3NO2. The van der Waals surface area contributed by atoms with Crippen molar-refractivity contribution in [2.45, 2.75) is 32.0 Å². The Labute approximate surface area is 113 Å². The maximum absolute atomic E-state index is 12.6. The van der Waals surface area contributed by atoms with E-state index in [-0.39, 0.29) is 16.9 Å². The van der Waals surface area contributed by atoms with Crippen molar-refractivity contribution < 1.29 is 22.4 Å². The lowest BCUT2D eigenvalue weighted by Crippen LogP contribution is -2.45. The number of halogens is 4. The van der Waals surface area contributed by atoms with Gasteiger partial charge in [-0.25, -0.2) is 0 Å². The molecule has 1 aliphatic rings. The molecule has 0 radical (unpaired) electrons. The van der Waals surface area contributed by atoms with Crippen molar-refractivity contribution in [1.29, 1.82) is 0 Å². The van der Waals surface area contributed by atoms with Crippen LogP contribution in [-0.4, -0.2) is 29.6 Å². The maximum atomic E-state index is 12.6. The van der Waals surface area contributed by atoms with Gasteiger partial charge < -0.3 is 9.32 Å². The summed E-state index contributed by atoms with van der Waals surface area (Å²) in [6, 6.07) is 2.16. The molecule has 1 heterocycles. The number of furan rings is 1. The van der Waals surface area contributed by atoms with E-state index in [1.165, 1.54) is 12.1 Å². The van der Waals surface area contributed by atoms with Crippen LogP contribution in [0.1, 0.15) is 30.3 Å². The van der Waals surface area contributed by atoms with E-state index in [9.17, 15) is 18.0 Å². The first-order chi connectivity index (χ1) is 8.78. The molecule has 0 spiro atoms. The topological polar surface area (TPSA) is 33.5 Å². The summed E-state index contributed by atoms with van der Waals surface area (Å²) in [6.07, 6.45) is -2.74. The van der Waals surface area contributed by atoms with Crippen LogP contribution in [0.2, 0.25) is 5.22 Å². The molecule has 1 aromatic heterocycles. The number of carbonyl (C=O) groups is 1. The number of carbonyl (C=O) groups excluding carboxylic acids is 1. The highest BCUT2D eigenvalue weighted by Crippen LogP contribution is 2.36. The van der Waals surface area contributed by atoms with Crippen LogP contribution in [0, 0.1) is 5.92 Å². The van der Waals surface area contributed by atoms with Crippen LogP contribution in [0.15, 0.2) is 16.5 Å². The molecule has 19 heavy (non-hydrogen) atoms. The van der Waals surface area contributed by atoms with Crippen LogP contribution in [0.25, 0.3) is 0 Å². The smallest absolute Gasteiger partial charge is 0.406 e. The Balaban J connectivity index is 2.18. The second kappa shape index (κ2) is 5.07. The third-order valence-electron chi connectivity index (χ3n) is 3.19. The fourth-order valence-electron chi connectivity index (χ4n) is 2.00. The lowest BCUT2D eigenvalue weighted by atomic mass is 10.1. The van der Waals surface area contributed by atoms with E-state index < -0.39 is 24.7 Å². The summed E-state index contributed by atoms with van der Waals surface area (Å²) in [5, 5.41) is -0.0191. The van der Waals surface area contributed by atoms with E-state index in [2.05, 4.69) is 0 Å². The van der Waals surface area contributed by atoms with Gasteiger partial charge in [0.2, 0.25) is 0 Å². The van der Waals surface area contributed by atoms with Gasteiger partial charge in [-0.15, -0.1) is 0 Å². The zero-order chi connectivity index (χ0) is 14.2. The van der Waals surface area contributed by atoms with Crippen molar-refractivity contribution in [3.63, 3.8) is 0 Å². The van der Waals surface area contributed by atoms with Gasteiger partial charge in [-0.3, -0.25) is 4.79 Å². The van der Waals surface area contributed by atoms with E-state index in [0.29, 0.717) is 0 Å². The number of rotatable bonds is 4. The van der Waals surface area contributed by atoms with Crippen LogP contribution < -0.4 is 0 Å². The Morgan fingerprint density at radius 1 is 1.53 bits per heavy atom. The third-order valence-corrected chi connectivity index (χ3v) is 3.39. The molecule has 0 aliphatic heterocycles. The Morgan fingerprint density at radius 3 is 2.58 bits per heavy atom. The van der Waals surface area contributed by atoms with Crippen LogP contribution in [0.3, 0.4) is 0 Å².